The van der Waals surface area contributed by atoms with Crippen molar-refractivity contribution in [2.24, 2.45) is 0 Å². The molecule has 0 unspecified atom stereocenters. The summed E-state index contributed by atoms with van der Waals surface area (Å²) in [6, 6.07) is 7.27. The summed E-state index contributed by atoms with van der Waals surface area (Å²) >= 11 is 0. The number of aryl methyl sites for hydroxylation is 1. The summed E-state index contributed by atoms with van der Waals surface area (Å²) in [5.74, 6) is 0. The maximum atomic E-state index is 5.82. The number of hydrogen-bond donors (Lipinski definition) is 1. The molecule has 1 aromatic carbocycles. The second-order valence-electron chi connectivity index (χ2n) is 6.70. The standard InChI is InChI=1S/C17H28N2O/c1-13(2)18-11-15-10-14(3)6-7-16(15)19-8-9-20-17(4,5)12-19/h6-7,10,13,18H,8-9,11-12H2,1-5H3. The number of ether oxygens (including phenoxy) is 1. The molecule has 112 valence electrons. The molecular formula is C17H28N2O. The summed E-state index contributed by atoms with van der Waals surface area (Å²) in [6.07, 6.45) is 0. The minimum absolute atomic E-state index is 0.0636. The van der Waals surface area contributed by atoms with Gasteiger partial charge in [-0.15, -0.1) is 0 Å². The van der Waals surface area contributed by atoms with Gasteiger partial charge in [0.2, 0.25) is 0 Å². The van der Waals surface area contributed by atoms with Gasteiger partial charge in [0.05, 0.1) is 12.2 Å². The third kappa shape index (κ3) is 3.97. The van der Waals surface area contributed by atoms with Gasteiger partial charge in [-0.3, -0.25) is 0 Å². The van der Waals surface area contributed by atoms with Crippen LogP contribution in [0.15, 0.2) is 18.2 Å². The molecule has 1 aromatic rings. The number of anilines is 1. The number of rotatable bonds is 4. The zero-order valence-electron chi connectivity index (χ0n) is 13.5. The first kappa shape index (κ1) is 15.3. The second kappa shape index (κ2) is 6.15. The fraction of sp³-hybridized carbons (Fsp3) is 0.647. The largest absolute Gasteiger partial charge is 0.372 e. The van der Waals surface area contributed by atoms with Crippen molar-refractivity contribution in [3.8, 4) is 0 Å². The van der Waals surface area contributed by atoms with Gasteiger partial charge in [0.1, 0.15) is 0 Å². The van der Waals surface area contributed by atoms with Crippen molar-refractivity contribution in [3.05, 3.63) is 29.3 Å². The van der Waals surface area contributed by atoms with Crippen LogP contribution in [0.5, 0.6) is 0 Å². The third-order valence-electron chi connectivity index (χ3n) is 3.70. The van der Waals surface area contributed by atoms with Gasteiger partial charge in [0.15, 0.2) is 0 Å². The van der Waals surface area contributed by atoms with E-state index in [4.69, 9.17) is 4.74 Å². The van der Waals surface area contributed by atoms with Gasteiger partial charge < -0.3 is 15.0 Å². The monoisotopic (exact) mass is 276 g/mol. The molecule has 3 nitrogen and oxygen atoms in total. The molecule has 1 saturated heterocycles. The third-order valence-corrected chi connectivity index (χ3v) is 3.70. The fourth-order valence-electron chi connectivity index (χ4n) is 2.70. The Morgan fingerprint density at radius 2 is 2.10 bits per heavy atom. The molecule has 0 amide bonds. The molecule has 0 saturated carbocycles. The zero-order valence-corrected chi connectivity index (χ0v) is 13.5. The van der Waals surface area contributed by atoms with E-state index in [9.17, 15) is 0 Å². The molecule has 3 heteroatoms. The molecule has 0 aliphatic carbocycles. The van der Waals surface area contributed by atoms with E-state index in [1.54, 1.807) is 0 Å². The van der Waals surface area contributed by atoms with Gasteiger partial charge in [-0.05, 0) is 32.4 Å². The van der Waals surface area contributed by atoms with E-state index in [1.165, 1.54) is 16.8 Å². The van der Waals surface area contributed by atoms with Gasteiger partial charge >= 0.3 is 0 Å². The lowest BCUT2D eigenvalue weighted by Gasteiger charge is -2.40. The van der Waals surface area contributed by atoms with Crippen molar-refractivity contribution in [2.75, 3.05) is 24.6 Å². The molecule has 2 rings (SSSR count). The van der Waals surface area contributed by atoms with E-state index in [1.807, 2.05) is 0 Å². The first-order chi connectivity index (χ1) is 9.37. The molecule has 1 N–H and O–H groups in total. The number of morpholine rings is 1. The number of benzene rings is 1. The Kier molecular flexibility index (Phi) is 4.71. The second-order valence-corrected chi connectivity index (χ2v) is 6.70. The van der Waals surface area contributed by atoms with Gasteiger partial charge in [0.25, 0.3) is 0 Å². The molecule has 1 heterocycles. The Bertz CT molecular complexity index is 454. The minimum atomic E-state index is -0.0636. The van der Waals surface area contributed by atoms with Gasteiger partial charge in [0, 0.05) is 31.4 Å². The summed E-state index contributed by atoms with van der Waals surface area (Å²) in [6.45, 7) is 14.5. The minimum Gasteiger partial charge on any atom is -0.372 e. The molecule has 0 atom stereocenters. The molecule has 1 fully saturated rings. The van der Waals surface area contributed by atoms with Gasteiger partial charge in [-0.1, -0.05) is 31.5 Å². The van der Waals surface area contributed by atoms with Crippen molar-refractivity contribution in [2.45, 2.75) is 52.8 Å². The molecule has 0 aromatic heterocycles. The highest BCUT2D eigenvalue weighted by Gasteiger charge is 2.28. The quantitative estimate of drug-likeness (QED) is 0.914. The lowest BCUT2D eigenvalue weighted by molar-refractivity contribution is -0.0277. The van der Waals surface area contributed by atoms with Gasteiger partial charge in [-0.25, -0.2) is 0 Å². The van der Waals surface area contributed by atoms with Crippen LogP contribution in [0.2, 0.25) is 0 Å². The molecule has 0 spiro atoms. The normalized spacial score (nSPS) is 18.6. The van der Waals surface area contributed by atoms with Gasteiger partial charge in [-0.2, -0.15) is 0 Å². The van der Waals surface area contributed by atoms with Crippen molar-refractivity contribution < 1.29 is 4.74 Å². The predicted octanol–water partition coefficient (Wildman–Crippen LogP) is 3.11. The van der Waals surface area contributed by atoms with Crippen LogP contribution in [-0.2, 0) is 11.3 Å². The smallest absolute Gasteiger partial charge is 0.0801 e. The number of nitrogens with one attached hydrogen (secondary N) is 1. The van der Waals surface area contributed by atoms with Crippen molar-refractivity contribution >= 4 is 5.69 Å². The molecule has 0 bridgehead atoms. The summed E-state index contributed by atoms with van der Waals surface area (Å²) < 4.78 is 5.82. The van der Waals surface area contributed by atoms with Crippen molar-refractivity contribution in [1.29, 1.82) is 0 Å². The fourth-order valence-corrected chi connectivity index (χ4v) is 2.70. The highest BCUT2D eigenvalue weighted by Crippen LogP contribution is 2.27. The highest BCUT2D eigenvalue weighted by molar-refractivity contribution is 5.55. The SMILES string of the molecule is Cc1ccc(N2CCOC(C)(C)C2)c(CNC(C)C)c1. The Morgan fingerprint density at radius 3 is 2.75 bits per heavy atom. The number of hydrogen-bond acceptors (Lipinski definition) is 3. The Morgan fingerprint density at radius 1 is 1.35 bits per heavy atom. The first-order valence-corrected chi connectivity index (χ1v) is 7.59. The van der Waals surface area contributed by atoms with Crippen LogP contribution in [-0.4, -0.2) is 31.3 Å². The average Bonchev–Trinajstić information content (AvgIpc) is 2.35. The van der Waals surface area contributed by atoms with Crippen LogP contribution in [0, 0.1) is 6.92 Å². The topological polar surface area (TPSA) is 24.5 Å². The lowest BCUT2D eigenvalue weighted by Crippen LogP contribution is -2.48. The highest BCUT2D eigenvalue weighted by atomic mass is 16.5. The lowest BCUT2D eigenvalue weighted by atomic mass is 10.0. The zero-order chi connectivity index (χ0) is 14.8. The number of nitrogens with zero attached hydrogens (tertiary/aromatic N) is 1. The van der Waals surface area contributed by atoms with Crippen LogP contribution in [0.4, 0.5) is 5.69 Å². The van der Waals surface area contributed by atoms with Crippen LogP contribution in [0.25, 0.3) is 0 Å². The van der Waals surface area contributed by atoms with Crippen molar-refractivity contribution in [1.82, 2.24) is 5.32 Å². The van der Waals surface area contributed by atoms with E-state index in [0.29, 0.717) is 6.04 Å². The summed E-state index contributed by atoms with van der Waals surface area (Å²) in [5, 5.41) is 3.53. The van der Waals surface area contributed by atoms with Crippen LogP contribution >= 0.6 is 0 Å². The van der Waals surface area contributed by atoms with Crippen molar-refractivity contribution in [3.63, 3.8) is 0 Å². The van der Waals surface area contributed by atoms with E-state index in [-0.39, 0.29) is 5.60 Å². The van der Waals surface area contributed by atoms with E-state index in [0.717, 1.165) is 26.2 Å². The molecular weight excluding hydrogens is 248 g/mol. The van der Waals surface area contributed by atoms with Crippen LogP contribution in [0.3, 0.4) is 0 Å². The Hall–Kier alpha value is -1.06. The summed E-state index contributed by atoms with van der Waals surface area (Å²) in [7, 11) is 0. The maximum Gasteiger partial charge on any atom is 0.0801 e. The molecule has 1 aliphatic heterocycles. The predicted molar refractivity (Wildman–Crippen MR) is 85.4 cm³/mol. The van der Waals surface area contributed by atoms with E-state index in [2.05, 4.69) is 63.0 Å². The Balaban J connectivity index is 2.21. The molecule has 20 heavy (non-hydrogen) atoms. The van der Waals surface area contributed by atoms with E-state index < -0.39 is 0 Å². The maximum absolute atomic E-state index is 5.82. The van der Waals surface area contributed by atoms with Crippen LogP contribution in [0.1, 0.15) is 38.8 Å². The van der Waals surface area contributed by atoms with Crippen LogP contribution < -0.4 is 10.2 Å². The average molecular weight is 276 g/mol. The van der Waals surface area contributed by atoms with E-state index >= 15 is 0 Å². The molecule has 1 aliphatic rings. The summed E-state index contributed by atoms with van der Waals surface area (Å²) in [4.78, 5) is 2.46. The molecule has 0 radical (unpaired) electrons. The Labute approximate surface area is 123 Å². The first-order valence-electron chi connectivity index (χ1n) is 7.59. The summed E-state index contributed by atoms with van der Waals surface area (Å²) in [5.41, 5.74) is 3.99.